The van der Waals surface area contributed by atoms with Gasteiger partial charge in [-0.05, 0) is 36.5 Å². The number of anilines is 1. The third-order valence-electron chi connectivity index (χ3n) is 4.06. The van der Waals surface area contributed by atoms with Crippen LogP contribution in [0.4, 0.5) is 15.0 Å². The van der Waals surface area contributed by atoms with Crippen molar-refractivity contribution in [2.45, 2.75) is 25.3 Å². The first-order valence-electron chi connectivity index (χ1n) is 7.51. The number of amides is 2. The van der Waals surface area contributed by atoms with Crippen LogP contribution < -0.4 is 15.4 Å². The Morgan fingerprint density at radius 1 is 1.48 bits per heavy atom. The number of nitrogens with zero attached hydrogens (tertiary/aromatic N) is 2. The lowest BCUT2D eigenvalue weighted by Gasteiger charge is -2.26. The normalized spacial score (nSPS) is 16.6. The van der Waals surface area contributed by atoms with Crippen molar-refractivity contribution in [1.29, 1.82) is 0 Å². The average molecular weight is 318 g/mol. The smallest absolute Gasteiger partial charge is 0.320 e. The Morgan fingerprint density at radius 3 is 3.04 bits per heavy atom. The van der Waals surface area contributed by atoms with Gasteiger partial charge in [0.05, 0.1) is 13.2 Å². The molecule has 0 spiro atoms. The number of urea groups is 1. The fraction of sp³-hybridized carbons (Fsp3) is 0.375. The number of benzene rings is 1. The summed E-state index contributed by atoms with van der Waals surface area (Å²) in [5.74, 6) is 0.744. The van der Waals surface area contributed by atoms with Gasteiger partial charge in [-0.25, -0.2) is 13.9 Å². The predicted molar refractivity (Wildman–Crippen MR) is 84.0 cm³/mol. The molecule has 2 N–H and O–H groups in total. The molecule has 3 rings (SSSR count). The van der Waals surface area contributed by atoms with Crippen LogP contribution in [0.2, 0.25) is 0 Å². The second kappa shape index (κ2) is 6.28. The van der Waals surface area contributed by atoms with Gasteiger partial charge >= 0.3 is 6.03 Å². The fourth-order valence-corrected chi connectivity index (χ4v) is 2.92. The second-order valence-electron chi connectivity index (χ2n) is 5.55. The lowest BCUT2D eigenvalue weighted by atomic mass is 9.87. The van der Waals surface area contributed by atoms with E-state index in [1.54, 1.807) is 19.2 Å². The molecular weight excluding hydrogens is 299 g/mol. The molecule has 1 heterocycles. The molecule has 2 aromatic rings. The average Bonchev–Trinajstić information content (AvgIpc) is 2.88. The summed E-state index contributed by atoms with van der Waals surface area (Å²) in [5, 5.41) is 9.72. The highest BCUT2D eigenvalue weighted by atomic mass is 19.1. The van der Waals surface area contributed by atoms with Crippen molar-refractivity contribution in [2.24, 2.45) is 7.05 Å². The summed E-state index contributed by atoms with van der Waals surface area (Å²) in [5.41, 5.74) is 1.56. The molecule has 2 amide bonds. The van der Waals surface area contributed by atoms with Crippen LogP contribution in [0.1, 0.15) is 30.0 Å². The monoisotopic (exact) mass is 318 g/mol. The molecule has 6 nitrogen and oxygen atoms in total. The fourth-order valence-electron chi connectivity index (χ4n) is 2.92. The summed E-state index contributed by atoms with van der Waals surface area (Å²) >= 11 is 0. The first-order chi connectivity index (χ1) is 11.1. The van der Waals surface area contributed by atoms with Crippen LogP contribution in [0.5, 0.6) is 5.88 Å². The van der Waals surface area contributed by atoms with E-state index in [9.17, 15) is 9.18 Å². The number of halogens is 1. The number of carbonyl (C=O) groups excluding carboxylic acids is 1. The van der Waals surface area contributed by atoms with E-state index >= 15 is 0 Å². The first kappa shape index (κ1) is 15.3. The standard InChI is InChI=1S/C16H19FN4O2/c1-21-14(9-15(20-21)23-2)19-16(22)18-13-8-4-5-10-11(13)6-3-7-12(10)17/h3,6-7,9,13H,4-5,8H2,1-2H3,(H2,18,19,22). The Labute approximate surface area is 133 Å². The third-order valence-corrected chi connectivity index (χ3v) is 4.06. The zero-order valence-electron chi connectivity index (χ0n) is 13.1. The zero-order chi connectivity index (χ0) is 16.4. The number of ether oxygens (including phenoxy) is 1. The topological polar surface area (TPSA) is 68.2 Å². The molecule has 1 unspecified atom stereocenters. The number of methoxy groups -OCH3 is 1. The molecule has 0 aliphatic heterocycles. The number of hydrogen-bond donors (Lipinski definition) is 2. The highest BCUT2D eigenvalue weighted by Gasteiger charge is 2.24. The molecule has 1 aliphatic carbocycles. The van der Waals surface area contributed by atoms with Gasteiger partial charge < -0.3 is 10.1 Å². The highest BCUT2D eigenvalue weighted by Crippen LogP contribution is 2.31. The summed E-state index contributed by atoms with van der Waals surface area (Å²) in [7, 11) is 3.23. The van der Waals surface area contributed by atoms with E-state index in [-0.39, 0.29) is 17.9 Å². The van der Waals surface area contributed by atoms with Crippen molar-refractivity contribution in [3.63, 3.8) is 0 Å². The molecule has 0 radical (unpaired) electrons. The zero-order valence-corrected chi connectivity index (χ0v) is 13.1. The lowest BCUT2D eigenvalue weighted by molar-refractivity contribution is 0.246. The minimum atomic E-state index is -0.349. The van der Waals surface area contributed by atoms with Gasteiger partial charge in [0.1, 0.15) is 11.6 Å². The van der Waals surface area contributed by atoms with Crippen molar-refractivity contribution >= 4 is 11.8 Å². The minimum Gasteiger partial charge on any atom is -0.480 e. The summed E-state index contributed by atoms with van der Waals surface area (Å²) in [6.45, 7) is 0. The number of rotatable bonds is 3. The van der Waals surface area contributed by atoms with Crippen LogP contribution in [-0.4, -0.2) is 22.9 Å². The van der Waals surface area contributed by atoms with E-state index in [1.807, 2.05) is 6.07 Å². The number of aromatic nitrogens is 2. The molecular formula is C16H19FN4O2. The maximum Gasteiger partial charge on any atom is 0.320 e. The van der Waals surface area contributed by atoms with Crippen LogP contribution in [-0.2, 0) is 13.5 Å². The van der Waals surface area contributed by atoms with Crippen molar-refractivity contribution < 1.29 is 13.9 Å². The summed E-state index contributed by atoms with van der Waals surface area (Å²) in [4.78, 5) is 12.2. The van der Waals surface area contributed by atoms with E-state index < -0.39 is 0 Å². The molecule has 0 saturated heterocycles. The number of nitrogens with one attached hydrogen (secondary N) is 2. The SMILES string of the molecule is COc1cc(NC(=O)NC2CCCc3c(F)cccc32)n(C)n1. The number of carbonyl (C=O) groups is 1. The van der Waals surface area contributed by atoms with Crippen molar-refractivity contribution in [1.82, 2.24) is 15.1 Å². The van der Waals surface area contributed by atoms with Crippen LogP contribution in [0.3, 0.4) is 0 Å². The van der Waals surface area contributed by atoms with Crippen molar-refractivity contribution in [2.75, 3.05) is 12.4 Å². The minimum absolute atomic E-state index is 0.190. The van der Waals surface area contributed by atoms with Gasteiger partial charge in [-0.15, -0.1) is 5.10 Å². The van der Waals surface area contributed by atoms with E-state index in [2.05, 4.69) is 15.7 Å². The van der Waals surface area contributed by atoms with Crippen LogP contribution in [0.15, 0.2) is 24.3 Å². The Bertz CT molecular complexity index is 729. The molecule has 122 valence electrons. The van der Waals surface area contributed by atoms with Crippen LogP contribution in [0, 0.1) is 5.82 Å². The molecule has 23 heavy (non-hydrogen) atoms. The number of aryl methyl sites for hydroxylation is 1. The summed E-state index contributed by atoms with van der Waals surface area (Å²) < 4.78 is 20.4. The molecule has 0 saturated carbocycles. The van der Waals surface area contributed by atoms with E-state index in [4.69, 9.17) is 4.74 Å². The van der Waals surface area contributed by atoms with Gasteiger partial charge in [-0.2, -0.15) is 0 Å². The molecule has 0 bridgehead atoms. The molecule has 7 heteroatoms. The van der Waals surface area contributed by atoms with Crippen LogP contribution >= 0.6 is 0 Å². The van der Waals surface area contributed by atoms with Gasteiger partial charge in [0.2, 0.25) is 5.88 Å². The van der Waals surface area contributed by atoms with E-state index in [0.717, 1.165) is 18.4 Å². The second-order valence-corrected chi connectivity index (χ2v) is 5.55. The van der Waals surface area contributed by atoms with E-state index in [0.29, 0.717) is 23.7 Å². The third kappa shape index (κ3) is 3.13. The van der Waals surface area contributed by atoms with Gasteiger partial charge in [-0.1, -0.05) is 12.1 Å². The van der Waals surface area contributed by atoms with Crippen molar-refractivity contribution in [3.8, 4) is 5.88 Å². The van der Waals surface area contributed by atoms with Gasteiger partial charge in [0.25, 0.3) is 0 Å². The summed E-state index contributed by atoms with van der Waals surface area (Å²) in [6.07, 6.45) is 2.34. The van der Waals surface area contributed by atoms with Gasteiger partial charge in [-0.3, -0.25) is 5.32 Å². The largest absolute Gasteiger partial charge is 0.480 e. The number of fused-ring (bicyclic) bond motifs is 1. The first-order valence-corrected chi connectivity index (χ1v) is 7.51. The molecule has 1 atom stereocenters. The Morgan fingerprint density at radius 2 is 2.30 bits per heavy atom. The maximum atomic E-state index is 13.9. The maximum absolute atomic E-state index is 13.9. The van der Waals surface area contributed by atoms with Crippen molar-refractivity contribution in [3.05, 3.63) is 41.2 Å². The predicted octanol–water partition coefficient (Wildman–Crippen LogP) is 2.77. The molecule has 0 fully saturated rings. The van der Waals surface area contributed by atoms with Gasteiger partial charge in [0, 0.05) is 13.1 Å². The Kier molecular flexibility index (Phi) is 4.18. The van der Waals surface area contributed by atoms with Crippen LogP contribution in [0.25, 0.3) is 0 Å². The summed E-state index contributed by atoms with van der Waals surface area (Å²) in [6, 6.07) is 6.10. The molecule has 1 aromatic heterocycles. The molecule has 1 aliphatic rings. The van der Waals surface area contributed by atoms with Gasteiger partial charge in [0.15, 0.2) is 0 Å². The van der Waals surface area contributed by atoms with E-state index in [1.165, 1.54) is 17.9 Å². The number of hydrogen-bond acceptors (Lipinski definition) is 3. The highest BCUT2D eigenvalue weighted by molar-refractivity contribution is 5.88. The lowest BCUT2D eigenvalue weighted by Crippen LogP contribution is -2.35. The Balaban J connectivity index is 1.72. The quantitative estimate of drug-likeness (QED) is 0.914. The Hall–Kier alpha value is -2.57. The molecule has 1 aromatic carbocycles.